The quantitative estimate of drug-likeness (QED) is 0.725. The molecule has 2 unspecified atom stereocenters. The Morgan fingerprint density at radius 1 is 1.44 bits per heavy atom. The number of rotatable bonds is 6. The maximum atomic E-state index is 11.6. The zero-order chi connectivity index (χ0) is 12.8. The Morgan fingerprint density at radius 2 is 2.00 bits per heavy atom. The number of methoxy groups -OCH3 is 1. The minimum absolute atomic E-state index is 0.0234. The van der Waals surface area contributed by atoms with Crippen LogP contribution < -0.4 is 5.32 Å². The van der Waals surface area contributed by atoms with Crippen molar-refractivity contribution < 1.29 is 14.6 Å². The van der Waals surface area contributed by atoms with Crippen molar-refractivity contribution in [3.63, 3.8) is 0 Å². The molecule has 16 heavy (non-hydrogen) atoms. The van der Waals surface area contributed by atoms with E-state index in [1.807, 2.05) is 6.92 Å². The third kappa shape index (κ3) is 7.65. The van der Waals surface area contributed by atoms with Gasteiger partial charge in [-0.1, -0.05) is 20.8 Å². The fraction of sp³-hybridized carbons (Fsp3) is 0.917. The topological polar surface area (TPSA) is 58.6 Å². The van der Waals surface area contributed by atoms with Gasteiger partial charge in [0.1, 0.15) is 0 Å². The number of ether oxygens (including phenoxy) is 1. The maximum Gasteiger partial charge on any atom is 0.222 e. The Kier molecular flexibility index (Phi) is 6.60. The van der Waals surface area contributed by atoms with E-state index < -0.39 is 0 Å². The lowest BCUT2D eigenvalue weighted by atomic mass is 9.88. The zero-order valence-electron chi connectivity index (χ0n) is 11.0. The Hall–Kier alpha value is -0.610. The van der Waals surface area contributed by atoms with Crippen LogP contribution in [0.2, 0.25) is 0 Å². The molecule has 1 amide bonds. The first kappa shape index (κ1) is 15.4. The molecule has 2 N–H and O–H groups in total. The third-order valence-electron chi connectivity index (χ3n) is 2.32. The Labute approximate surface area is 98.4 Å². The van der Waals surface area contributed by atoms with Gasteiger partial charge in [0.2, 0.25) is 5.91 Å². The van der Waals surface area contributed by atoms with E-state index in [4.69, 9.17) is 4.74 Å². The highest BCUT2D eigenvalue weighted by Crippen LogP contribution is 2.20. The van der Waals surface area contributed by atoms with E-state index in [0.717, 1.165) is 6.42 Å². The summed E-state index contributed by atoms with van der Waals surface area (Å²) in [4.78, 5) is 11.6. The summed E-state index contributed by atoms with van der Waals surface area (Å²) in [6.45, 7) is 8.07. The molecule has 0 saturated heterocycles. The van der Waals surface area contributed by atoms with Crippen molar-refractivity contribution in [2.24, 2.45) is 5.41 Å². The molecule has 2 atom stereocenters. The van der Waals surface area contributed by atoms with Gasteiger partial charge in [-0.3, -0.25) is 4.79 Å². The summed E-state index contributed by atoms with van der Waals surface area (Å²) in [5, 5.41) is 12.0. The van der Waals surface area contributed by atoms with E-state index in [9.17, 15) is 9.90 Å². The van der Waals surface area contributed by atoms with Crippen LogP contribution in [-0.4, -0.2) is 36.9 Å². The summed E-state index contributed by atoms with van der Waals surface area (Å²) in [6, 6.07) is -0.170. The highest BCUT2D eigenvalue weighted by atomic mass is 16.5. The van der Waals surface area contributed by atoms with Crippen LogP contribution in [0.25, 0.3) is 0 Å². The molecule has 0 aromatic heterocycles. The van der Waals surface area contributed by atoms with Gasteiger partial charge in [0.15, 0.2) is 0 Å². The van der Waals surface area contributed by atoms with Crippen molar-refractivity contribution >= 4 is 5.91 Å². The standard InChI is InChI=1S/C12H25NO3/c1-9(16-5)6-11(15)13-10(8-14)7-12(2,3)4/h9-10,14H,6-8H2,1-5H3,(H,13,15). The van der Waals surface area contributed by atoms with Crippen molar-refractivity contribution in [1.29, 1.82) is 0 Å². The minimum Gasteiger partial charge on any atom is -0.394 e. The van der Waals surface area contributed by atoms with E-state index >= 15 is 0 Å². The van der Waals surface area contributed by atoms with Gasteiger partial charge in [0.25, 0.3) is 0 Å². The summed E-state index contributed by atoms with van der Waals surface area (Å²) >= 11 is 0. The summed E-state index contributed by atoms with van der Waals surface area (Å²) < 4.78 is 5.01. The molecule has 0 aliphatic carbocycles. The van der Waals surface area contributed by atoms with Gasteiger partial charge >= 0.3 is 0 Å². The summed E-state index contributed by atoms with van der Waals surface area (Å²) in [6.07, 6.45) is 1.00. The number of carbonyl (C=O) groups is 1. The smallest absolute Gasteiger partial charge is 0.222 e. The maximum absolute atomic E-state index is 11.6. The number of hydrogen-bond donors (Lipinski definition) is 2. The number of aliphatic hydroxyl groups excluding tert-OH is 1. The average Bonchev–Trinajstić information content (AvgIpc) is 2.14. The number of amides is 1. The molecule has 0 bridgehead atoms. The van der Waals surface area contributed by atoms with Gasteiger partial charge in [0.05, 0.1) is 25.2 Å². The van der Waals surface area contributed by atoms with Crippen molar-refractivity contribution in [1.82, 2.24) is 5.32 Å². The molecule has 0 saturated carbocycles. The van der Waals surface area contributed by atoms with Crippen LogP contribution in [0.4, 0.5) is 0 Å². The van der Waals surface area contributed by atoms with Gasteiger partial charge in [-0.15, -0.1) is 0 Å². The van der Waals surface area contributed by atoms with E-state index in [0.29, 0.717) is 6.42 Å². The van der Waals surface area contributed by atoms with E-state index in [1.165, 1.54) is 0 Å². The number of carbonyl (C=O) groups excluding carboxylic acids is 1. The van der Waals surface area contributed by atoms with Gasteiger partial charge in [-0.2, -0.15) is 0 Å². The monoisotopic (exact) mass is 231 g/mol. The molecule has 4 heteroatoms. The van der Waals surface area contributed by atoms with Gasteiger partial charge in [0, 0.05) is 7.11 Å². The van der Waals surface area contributed by atoms with Crippen LogP contribution in [0.5, 0.6) is 0 Å². The van der Waals surface area contributed by atoms with Crippen molar-refractivity contribution in [2.45, 2.75) is 52.7 Å². The summed E-state index contributed by atoms with van der Waals surface area (Å²) in [7, 11) is 1.58. The van der Waals surface area contributed by atoms with E-state index in [2.05, 4.69) is 26.1 Å². The number of nitrogens with one attached hydrogen (secondary N) is 1. The van der Waals surface area contributed by atoms with Crippen molar-refractivity contribution in [3.05, 3.63) is 0 Å². The molecule has 0 aliphatic rings. The highest BCUT2D eigenvalue weighted by molar-refractivity contribution is 5.76. The molecule has 0 rings (SSSR count). The van der Waals surface area contributed by atoms with E-state index in [-0.39, 0.29) is 30.1 Å². The Morgan fingerprint density at radius 3 is 2.38 bits per heavy atom. The van der Waals surface area contributed by atoms with Gasteiger partial charge in [-0.25, -0.2) is 0 Å². The predicted molar refractivity (Wildman–Crippen MR) is 64.2 cm³/mol. The average molecular weight is 231 g/mol. The lowest BCUT2D eigenvalue weighted by Gasteiger charge is -2.25. The summed E-state index contributed by atoms with van der Waals surface area (Å²) in [5.41, 5.74) is 0.0908. The molecule has 0 aromatic rings. The van der Waals surface area contributed by atoms with Crippen LogP contribution >= 0.6 is 0 Å². The van der Waals surface area contributed by atoms with Crippen molar-refractivity contribution in [3.8, 4) is 0 Å². The minimum atomic E-state index is -0.170. The first-order chi connectivity index (χ1) is 7.28. The van der Waals surface area contributed by atoms with Crippen LogP contribution in [0.1, 0.15) is 40.5 Å². The Bertz CT molecular complexity index is 211. The van der Waals surface area contributed by atoms with Crippen molar-refractivity contribution in [2.75, 3.05) is 13.7 Å². The SMILES string of the molecule is COC(C)CC(=O)NC(CO)CC(C)(C)C. The zero-order valence-corrected chi connectivity index (χ0v) is 11.0. The molecule has 0 aromatic carbocycles. The molecular formula is C12H25NO3. The fourth-order valence-corrected chi connectivity index (χ4v) is 1.53. The predicted octanol–water partition coefficient (Wildman–Crippen LogP) is 1.32. The molecule has 0 heterocycles. The summed E-state index contributed by atoms with van der Waals surface area (Å²) in [5.74, 6) is -0.0716. The van der Waals surface area contributed by atoms with Gasteiger partial charge < -0.3 is 15.2 Å². The lowest BCUT2D eigenvalue weighted by Crippen LogP contribution is -2.41. The Balaban J connectivity index is 4.07. The largest absolute Gasteiger partial charge is 0.394 e. The molecule has 0 aliphatic heterocycles. The first-order valence-corrected chi connectivity index (χ1v) is 5.71. The molecule has 0 spiro atoms. The molecule has 4 nitrogen and oxygen atoms in total. The number of aliphatic hydroxyl groups is 1. The van der Waals surface area contributed by atoms with Crippen LogP contribution in [0, 0.1) is 5.41 Å². The fourth-order valence-electron chi connectivity index (χ4n) is 1.53. The second kappa shape index (κ2) is 6.86. The normalized spacial score (nSPS) is 15.6. The van der Waals surface area contributed by atoms with E-state index in [1.54, 1.807) is 7.11 Å². The molecule has 0 fully saturated rings. The second-order valence-corrected chi connectivity index (χ2v) is 5.46. The molecular weight excluding hydrogens is 206 g/mol. The van der Waals surface area contributed by atoms with Crippen LogP contribution in [0.3, 0.4) is 0 Å². The molecule has 96 valence electrons. The highest BCUT2D eigenvalue weighted by Gasteiger charge is 2.20. The van der Waals surface area contributed by atoms with Crippen LogP contribution in [0.15, 0.2) is 0 Å². The first-order valence-electron chi connectivity index (χ1n) is 5.71. The number of hydrogen-bond acceptors (Lipinski definition) is 3. The third-order valence-corrected chi connectivity index (χ3v) is 2.32. The lowest BCUT2D eigenvalue weighted by molar-refractivity contribution is -0.124. The van der Waals surface area contributed by atoms with Crippen LogP contribution in [-0.2, 0) is 9.53 Å². The molecule has 0 radical (unpaired) electrons. The second-order valence-electron chi connectivity index (χ2n) is 5.46. The van der Waals surface area contributed by atoms with Gasteiger partial charge in [-0.05, 0) is 18.8 Å².